The van der Waals surface area contributed by atoms with E-state index in [0.717, 1.165) is 37.2 Å². The molecule has 0 radical (unpaired) electrons. The van der Waals surface area contributed by atoms with Crippen molar-refractivity contribution in [2.75, 3.05) is 38.1 Å². The summed E-state index contributed by atoms with van der Waals surface area (Å²) in [6, 6.07) is 3.98. The molecule has 7 nitrogen and oxygen atoms in total. The number of aromatic nitrogens is 2. The summed E-state index contributed by atoms with van der Waals surface area (Å²) >= 11 is 0. The Kier molecular flexibility index (Phi) is 5.55. The Morgan fingerprint density at radius 1 is 1.04 bits per heavy atom. The molecule has 0 saturated carbocycles. The van der Waals surface area contributed by atoms with Crippen molar-refractivity contribution >= 4 is 16.0 Å². The van der Waals surface area contributed by atoms with Crippen molar-refractivity contribution in [1.29, 1.82) is 0 Å². The van der Waals surface area contributed by atoms with Gasteiger partial charge in [0.25, 0.3) is 10.2 Å². The van der Waals surface area contributed by atoms with Crippen LogP contribution < -0.4 is 4.90 Å². The number of hydrogen-bond donors (Lipinski definition) is 0. The molecule has 0 amide bonds. The standard InChI is InChI=1S/C18H31N5O2S/c1-18(2,3)16-9-10-17(20-19-16)22-13-15(14-22)21(4)26(24,25)23-11-7-5-6-8-12-23/h9-10,15H,5-8,11-14H2,1-4H3. The Morgan fingerprint density at radius 2 is 1.65 bits per heavy atom. The van der Waals surface area contributed by atoms with E-state index in [4.69, 9.17) is 0 Å². The Bertz CT molecular complexity index is 700. The number of hydrogen-bond acceptors (Lipinski definition) is 5. The van der Waals surface area contributed by atoms with Gasteiger partial charge in [-0.05, 0) is 25.0 Å². The van der Waals surface area contributed by atoms with Crippen molar-refractivity contribution in [3.63, 3.8) is 0 Å². The molecule has 0 spiro atoms. The maximum absolute atomic E-state index is 12.9. The molecule has 0 N–H and O–H groups in total. The average molecular weight is 382 g/mol. The second-order valence-corrected chi connectivity index (χ2v) is 10.4. The lowest BCUT2D eigenvalue weighted by Crippen LogP contribution is -2.62. The molecule has 2 aliphatic rings. The summed E-state index contributed by atoms with van der Waals surface area (Å²) in [4.78, 5) is 2.08. The number of likely N-dealkylation sites (N-methyl/N-ethyl adjacent to an activating group) is 1. The Labute approximate surface area is 157 Å². The average Bonchev–Trinajstić information content (AvgIpc) is 2.82. The summed E-state index contributed by atoms with van der Waals surface area (Å²) in [5, 5.41) is 8.65. The highest BCUT2D eigenvalue weighted by molar-refractivity contribution is 7.86. The molecular formula is C18H31N5O2S. The highest BCUT2D eigenvalue weighted by Crippen LogP contribution is 2.26. The van der Waals surface area contributed by atoms with Crippen molar-refractivity contribution in [2.24, 2.45) is 0 Å². The summed E-state index contributed by atoms with van der Waals surface area (Å²) < 4.78 is 29.0. The first-order valence-electron chi connectivity index (χ1n) is 9.52. The zero-order valence-electron chi connectivity index (χ0n) is 16.3. The van der Waals surface area contributed by atoms with Gasteiger partial charge in [-0.1, -0.05) is 33.6 Å². The van der Waals surface area contributed by atoms with E-state index < -0.39 is 10.2 Å². The topological polar surface area (TPSA) is 69.6 Å². The van der Waals surface area contributed by atoms with Crippen molar-refractivity contribution in [2.45, 2.75) is 57.9 Å². The molecule has 3 rings (SSSR count). The summed E-state index contributed by atoms with van der Waals surface area (Å²) in [5.74, 6) is 0.815. The van der Waals surface area contributed by atoms with Gasteiger partial charge in [-0.2, -0.15) is 22.1 Å². The third-order valence-electron chi connectivity index (χ3n) is 5.37. The lowest BCUT2D eigenvalue weighted by atomic mass is 9.92. The first-order valence-corrected chi connectivity index (χ1v) is 10.9. The van der Waals surface area contributed by atoms with Crippen LogP contribution in [0.15, 0.2) is 12.1 Å². The summed E-state index contributed by atoms with van der Waals surface area (Å²) in [7, 11) is -1.67. The van der Waals surface area contributed by atoms with E-state index >= 15 is 0 Å². The fraction of sp³-hybridized carbons (Fsp3) is 0.778. The van der Waals surface area contributed by atoms with Crippen molar-refractivity contribution in [1.82, 2.24) is 18.8 Å². The molecule has 26 heavy (non-hydrogen) atoms. The molecule has 2 aliphatic heterocycles. The largest absolute Gasteiger partial charge is 0.352 e. The molecule has 2 fully saturated rings. The third kappa shape index (κ3) is 4.02. The normalized spacial score (nSPS) is 20.9. The fourth-order valence-corrected chi connectivity index (χ4v) is 5.00. The number of rotatable bonds is 4. The Balaban J connectivity index is 1.60. The number of nitrogens with zero attached hydrogens (tertiary/aromatic N) is 5. The van der Waals surface area contributed by atoms with Crippen LogP contribution in [0.25, 0.3) is 0 Å². The van der Waals surface area contributed by atoms with Crippen LogP contribution in [0.4, 0.5) is 5.82 Å². The van der Waals surface area contributed by atoms with E-state index in [1.807, 2.05) is 12.1 Å². The van der Waals surface area contributed by atoms with Crippen LogP contribution >= 0.6 is 0 Å². The quantitative estimate of drug-likeness (QED) is 0.798. The van der Waals surface area contributed by atoms with E-state index in [9.17, 15) is 8.42 Å². The fourth-order valence-electron chi connectivity index (χ4n) is 3.41. The van der Waals surface area contributed by atoms with Crippen LogP contribution in [-0.2, 0) is 15.6 Å². The molecule has 2 saturated heterocycles. The summed E-state index contributed by atoms with van der Waals surface area (Å²) in [6.07, 6.45) is 4.16. The molecule has 0 aromatic carbocycles. The second-order valence-electron chi connectivity index (χ2n) is 8.42. The molecule has 0 bridgehead atoms. The molecule has 0 unspecified atom stereocenters. The molecule has 0 aliphatic carbocycles. The smallest absolute Gasteiger partial charge is 0.282 e. The van der Waals surface area contributed by atoms with Gasteiger partial charge in [0, 0.05) is 38.6 Å². The number of anilines is 1. The summed E-state index contributed by atoms with van der Waals surface area (Å²) in [6.45, 7) is 8.93. The van der Waals surface area contributed by atoms with Crippen LogP contribution in [0.3, 0.4) is 0 Å². The van der Waals surface area contributed by atoms with E-state index in [1.54, 1.807) is 15.7 Å². The van der Waals surface area contributed by atoms with Gasteiger partial charge in [0.05, 0.1) is 11.7 Å². The molecular weight excluding hydrogens is 350 g/mol. The minimum atomic E-state index is -3.37. The Morgan fingerprint density at radius 3 is 2.15 bits per heavy atom. The first-order chi connectivity index (χ1) is 12.2. The van der Waals surface area contributed by atoms with Crippen molar-refractivity contribution < 1.29 is 8.42 Å². The zero-order valence-corrected chi connectivity index (χ0v) is 17.2. The second kappa shape index (κ2) is 7.40. The molecule has 8 heteroatoms. The van der Waals surface area contributed by atoms with Crippen LogP contribution in [-0.4, -0.2) is 66.5 Å². The summed E-state index contributed by atoms with van der Waals surface area (Å²) in [5.41, 5.74) is 0.934. The van der Waals surface area contributed by atoms with Crippen LogP contribution in [0.1, 0.15) is 52.1 Å². The van der Waals surface area contributed by atoms with Gasteiger partial charge in [0.1, 0.15) is 0 Å². The van der Waals surface area contributed by atoms with Crippen LogP contribution in [0, 0.1) is 0 Å². The minimum absolute atomic E-state index is 0.00709. The van der Waals surface area contributed by atoms with Gasteiger partial charge in [-0.15, -0.1) is 5.10 Å². The van der Waals surface area contributed by atoms with Gasteiger partial charge >= 0.3 is 0 Å². The van der Waals surface area contributed by atoms with Gasteiger partial charge in [0.2, 0.25) is 0 Å². The molecule has 3 heterocycles. The SMILES string of the molecule is CN(C1CN(c2ccc(C(C)(C)C)nn2)C1)S(=O)(=O)N1CCCCCC1. The van der Waals surface area contributed by atoms with E-state index in [-0.39, 0.29) is 11.5 Å². The lowest BCUT2D eigenvalue weighted by molar-refractivity contribution is 0.280. The highest BCUT2D eigenvalue weighted by atomic mass is 32.2. The maximum atomic E-state index is 12.9. The predicted molar refractivity (Wildman–Crippen MR) is 103 cm³/mol. The van der Waals surface area contributed by atoms with Crippen molar-refractivity contribution in [3.8, 4) is 0 Å². The Hall–Kier alpha value is -1.25. The van der Waals surface area contributed by atoms with E-state index in [0.29, 0.717) is 26.2 Å². The molecule has 1 aromatic heterocycles. The van der Waals surface area contributed by atoms with Gasteiger partial charge in [-0.3, -0.25) is 0 Å². The van der Waals surface area contributed by atoms with Gasteiger partial charge < -0.3 is 4.90 Å². The lowest BCUT2D eigenvalue weighted by Gasteiger charge is -2.44. The van der Waals surface area contributed by atoms with Crippen molar-refractivity contribution in [3.05, 3.63) is 17.8 Å². The minimum Gasteiger partial charge on any atom is -0.352 e. The molecule has 0 atom stereocenters. The zero-order chi connectivity index (χ0) is 18.9. The van der Waals surface area contributed by atoms with Crippen LogP contribution in [0.5, 0.6) is 0 Å². The molecule has 1 aromatic rings. The molecule has 146 valence electrons. The van der Waals surface area contributed by atoms with E-state index in [2.05, 4.69) is 35.9 Å². The highest BCUT2D eigenvalue weighted by Gasteiger charge is 2.39. The van der Waals surface area contributed by atoms with Gasteiger partial charge in [0.15, 0.2) is 5.82 Å². The van der Waals surface area contributed by atoms with Crippen LogP contribution in [0.2, 0.25) is 0 Å². The van der Waals surface area contributed by atoms with Gasteiger partial charge in [-0.25, -0.2) is 0 Å². The monoisotopic (exact) mass is 381 g/mol. The maximum Gasteiger partial charge on any atom is 0.282 e. The first kappa shape index (κ1) is 19.5. The van der Waals surface area contributed by atoms with E-state index in [1.165, 1.54) is 0 Å². The third-order valence-corrected chi connectivity index (χ3v) is 7.42. The predicted octanol–water partition coefficient (Wildman–Crippen LogP) is 2.02.